The second-order valence-corrected chi connectivity index (χ2v) is 4.72. The van der Waals surface area contributed by atoms with Gasteiger partial charge in [-0.2, -0.15) is 0 Å². The molecule has 1 heterocycles. The van der Waals surface area contributed by atoms with Crippen molar-refractivity contribution in [3.8, 4) is 0 Å². The summed E-state index contributed by atoms with van der Waals surface area (Å²) in [4.78, 5) is 11.0. The summed E-state index contributed by atoms with van der Waals surface area (Å²) in [5.41, 5.74) is 1.69. The SMILES string of the molecule is O=C=C1CC=CC=C1C1COC2=C[CH]CC=C2OC1. The van der Waals surface area contributed by atoms with Gasteiger partial charge in [-0.05, 0) is 30.6 Å². The Hall–Kier alpha value is -1.99. The minimum absolute atomic E-state index is 0.0776. The van der Waals surface area contributed by atoms with Crippen LogP contribution in [0.2, 0.25) is 0 Å². The second-order valence-electron chi connectivity index (χ2n) is 4.72. The highest BCUT2D eigenvalue weighted by Crippen LogP contribution is 2.31. The molecule has 0 bridgehead atoms. The van der Waals surface area contributed by atoms with Crippen LogP contribution in [-0.4, -0.2) is 19.2 Å². The number of hydrogen-bond acceptors (Lipinski definition) is 3. The molecule has 3 heteroatoms. The zero-order valence-electron chi connectivity index (χ0n) is 10.6. The van der Waals surface area contributed by atoms with Gasteiger partial charge in [0.25, 0.3) is 0 Å². The molecule has 1 atom stereocenters. The van der Waals surface area contributed by atoms with Gasteiger partial charge in [0, 0.05) is 12.0 Å². The largest absolute Gasteiger partial charge is 0.489 e. The summed E-state index contributed by atoms with van der Waals surface area (Å²) in [5.74, 6) is 3.72. The molecule has 0 saturated carbocycles. The van der Waals surface area contributed by atoms with Gasteiger partial charge in [-0.3, -0.25) is 0 Å². The van der Waals surface area contributed by atoms with E-state index in [1.54, 1.807) is 0 Å². The fourth-order valence-electron chi connectivity index (χ4n) is 2.45. The zero-order chi connectivity index (χ0) is 13.1. The molecule has 1 fully saturated rings. The van der Waals surface area contributed by atoms with Crippen LogP contribution in [0.5, 0.6) is 0 Å². The molecule has 19 heavy (non-hydrogen) atoms. The maximum absolute atomic E-state index is 11.0. The first-order valence-electron chi connectivity index (χ1n) is 6.49. The monoisotopic (exact) mass is 255 g/mol. The van der Waals surface area contributed by atoms with Gasteiger partial charge in [0.15, 0.2) is 11.5 Å². The van der Waals surface area contributed by atoms with E-state index in [4.69, 9.17) is 9.47 Å². The van der Waals surface area contributed by atoms with Crippen molar-refractivity contribution in [1.29, 1.82) is 0 Å². The van der Waals surface area contributed by atoms with Crippen molar-refractivity contribution in [2.24, 2.45) is 5.92 Å². The Kier molecular flexibility index (Phi) is 3.39. The Morgan fingerprint density at radius 2 is 2.00 bits per heavy atom. The van der Waals surface area contributed by atoms with Crippen LogP contribution in [0.1, 0.15) is 12.8 Å². The lowest BCUT2D eigenvalue weighted by Crippen LogP contribution is -2.17. The van der Waals surface area contributed by atoms with E-state index in [2.05, 4.69) is 0 Å². The Morgan fingerprint density at radius 3 is 2.84 bits per heavy atom. The van der Waals surface area contributed by atoms with E-state index in [9.17, 15) is 4.79 Å². The number of ether oxygens (including phenoxy) is 2. The van der Waals surface area contributed by atoms with Crippen LogP contribution in [0, 0.1) is 12.3 Å². The van der Waals surface area contributed by atoms with Crippen molar-refractivity contribution in [3.05, 3.63) is 59.5 Å². The quantitative estimate of drug-likeness (QED) is 0.676. The third-order valence-corrected chi connectivity index (χ3v) is 3.48. The van der Waals surface area contributed by atoms with Crippen LogP contribution in [0.15, 0.2) is 53.0 Å². The van der Waals surface area contributed by atoms with Crippen LogP contribution in [0.4, 0.5) is 0 Å². The smallest absolute Gasteiger partial charge is 0.157 e. The average molecular weight is 255 g/mol. The molecule has 97 valence electrons. The highest BCUT2D eigenvalue weighted by molar-refractivity contribution is 5.63. The predicted octanol–water partition coefficient (Wildman–Crippen LogP) is 2.67. The van der Waals surface area contributed by atoms with E-state index in [0.29, 0.717) is 25.2 Å². The third kappa shape index (κ3) is 2.42. The fraction of sp³-hybridized carbons (Fsp3) is 0.312. The zero-order valence-corrected chi connectivity index (χ0v) is 10.6. The van der Waals surface area contributed by atoms with Gasteiger partial charge in [0.1, 0.15) is 5.94 Å². The summed E-state index contributed by atoms with van der Waals surface area (Å²) >= 11 is 0. The van der Waals surface area contributed by atoms with E-state index in [0.717, 1.165) is 23.5 Å². The van der Waals surface area contributed by atoms with Gasteiger partial charge in [-0.1, -0.05) is 18.2 Å². The van der Waals surface area contributed by atoms with Gasteiger partial charge >= 0.3 is 0 Å². The molecule has 0 aromatic carbocycles. The van der Waals surface area contributed by atoms with Crippen molar-refractivity contribution in [3.63, 3.8) is 0 Å². The Morgan fingerprint density at radius 1 is 1.16 bits per heavy atom. The van der Waals surface area contributed by atoms with Gasteiger partial charge in [0.05, 0.1) is 19.1 Å². The molecule has 3 aliphatic rings. The number of allylic oxidation sites excluding steroid dienone is 6. The maximum atomic E-state index is 11.0. The maximum Gasteiger partial charge on any atom is 0.157 e. The Balaban J connectivity index is 1.82. The first-order chi connectivity index (χ1) is 9.38. The minimum Gasteiger partial charge on any atom is -0.489 e. The number of hydrogen-bond donors (Lipinski definition) is 0. The Labute approximate surface area is 112 Å². The van der Waals surface area contributed by atoms with Crippen LogP contribution in [0.3, 0.4) is 0 Å². The molecule has 1 unspecified atom stereocenters. The fourth-order valence-corrected chi connectivity index (χ4v) is 2.45. The van der Waals surface area contributed by atoms with Gasteiger partial charge in [0.2, 0.25) is 0 Å². The summed E-state index contributed by atoms with van der Waals surface area (Å²) in [6.45, 7) is 1.07. The first-order valence-corrected chi connectivity index (χ1v) is 6.49. The normalized spacial score (nSPS) is 22.9. The molecule has 0 aromatic heterocycles. The summed E-state index contributed by atoms with van der Waals surface area (Å²) in [6, 6.07) is 0. The standard InChI is InChI=1S/C16H15O3/c17-9-12-5-1-2-6-14(12)13-10-18-15-7-3-4-8-16(15)19-11-13/h1-3,6-8,13H,4-5,10-11H2. The molecule has 3 nitrogen and oxygen atoms in total. The third-order valence-electron chi connectivity index (χ3n) is 3.48. The summed E-state index contributed by atoms with van der Waals surface area (Å²) in [6.07, 6.45) is 13.4. The van der Waals surface area contributed by atoms with E-state index in [1.807, 2.05) is 42.7 Å². The molecule has 0 N–H and O–H groups in total. The van der Waals surface area contributed by atoms with Crippen LogP contribution < -0.4 is 0 Å². The molecular formula is C16H15O3. The number of fused-ring (bicyclic) bond motifs is 1. The van der Waals surface area contributed by atoms with Gasteiger partial charge < -0.3 is 9.47 Å². The van der Waals surface area contributed by atoms with Crippen molar-refractivity contribution >= 4 is 5.94 Å². The van der Waals surface area contributed by atoms with E-state index >= 15 is 0 Å². The highest BCUT2D eigenvalue weighted by atomic mass is 16.5. The molecule has 1 aliphatic heterocycles. The minimum atomic E-state index is 0.0776. The summed E-state index contributed by atoms with van der Waals surface area (Å²) < 4.78 is 11.6. The molecule has 3 rings (SSSR count). The lowest BCUT2D eigenvalue weighted by atomic mass is 9.89. The Bertz CT molecular complexity index is 518. The number of rotatable bonds is 1. The van der Waals surface area contributed by atoms with E-state index < -0.39 is 0 Å². The lowest BCUT2D eigenvalue weighted by molar-refractivity contribution is 0.184. The van der Waals surface area contributed by atoms with Crippen LogP contribution >= 0.6 is 0 Å². The molecule has 0 amide bonds. The summed E-state index contributed by atoms with van der Waals surface area (Å²) in [7, 11) is 0. The lowest BCUT2D eigenvalue weighted by Gasteiger charge is -2.19. The topological polar surface area (TPSA) is 35.5 Å². The van der Waals surface area contributed by atoms with Crippen molar-refractivity contribution < 1.29 is 14.3 Å². The predicted molar refractivity (Wildman–Crippen MR) is 71.5 cm³/mol. The molecular weight excluding hydrogens is 240 g/mol. The number of carbonyl (C=O) groups excluding carboxylic acids is 1. The molecule has 0 aromatic rings. The molecule has 1 saturated heterocycles. The van der Waals surface area contributed by atoms with Crippen molar-refractivity contribution in [1.82, 2.24) is 0 Å². The summed E-state index contributed by atoms with van der Waals surface area (Å²) in [5, 5.41) is 0. The van der Waals surface area contributed by atoms with E-state index in [-0.39, 0.29) is 5.92 Å². The van der Waals surface area contributed by atoms with Gasteiger partial charge in [-0.25, -0.2) is 4.79 Å². The van der Waals surface area contributed by atoms with Crippen LogP contribution in [0.25, 0.3) is 0 Å². The average Bonchev–Trinajstić information content (AvgIpc) is 2.70. The van der Waals surface area contributed by atoms with Crippen molar-refractivity contribution in [2.45, 2.75) is 12.8 Å². The van der Waals surface area contributed by atoms with Gasteiger partial charge in [-0.15, -0.1) is 0 Å². The van der Waals surface area contributed by atoms with Crippen LogP contribution in [-0.2, 0) is 14.3 Å². The second kappa shape index (κ2) is 5.33. The molecule has 1 radical (unpaired) electrons. The molecule has 0 spiro atoms. The first kappa shape index (κ1) is 12.1. The molecule has 2 aliphatic carbocycles. The highest BCUT2D eigenvalue weighted by Gasteiger charge is 2.26. The van der Waals surface area contributed by atoms with E-state index in [1.165, 1.54) is 0 Å². The van der Waals surface area contributed by atoms with Crippen molar-refractivity contribution in [2.75, 3.05) is 13.2 Å².